The number of benzene rings is 1. The van der Waals surface area contributed by atoms with Crippen molar-refractivity contribution in [3.8, 4) is 0 Å². The minimum atomic E-state index is -0.0786. The van der Waals surface area contributed by atoms with E-state index in [1.54, 1.807) is 16.8 Å². The second kappa shape index (κ2) is 5.00. The summed E-state index contributed by atoms with van der Waals surface area (Å²) in [6.45, 7) is 1.49. The van der Waals surface area contributed by atoms with Crippen molar-refractivity contribution in [1.82, 2.24) is 14.8 Å². The lowest BCUT2D eigenvalue weighted by atomic mass is 10.1. The summed E-state index contributed by atoms with van der Waals surface area (Å²) in [6, 6.07) is 7.55. The first-order valence-electron chi connectivity index (χ1n) is 6.75. The summed E-state index contributed by atoms with van der Waals surface area (Å²) >= 11 is 0. The molecule has 2 heterocycles. The average molecular weight is 271 g/mol. The van der Waals surface area contributed by atoms with Gasteiger partial charge in [0.05, 0.1) is 0 Å². The van der Waals surface area contributed by atoms with Gasteiger partial charge in [-0.25, -0.2) is 0 Å². The molecular weight excluding hydrogens is 254 g/mol. The molecule has 0 unspecified atom stereocenters. The van der Waals surface area contributed by atoms with Crippen molar-refractivity contribution in [3.05, 3.63) is 36.0 Å². The number of hydrogen-bond acceptors (Lipinski definition) is 2. The Morgan fingerprint density at radius 2 is 2.10 bits per heavy atom. The van der Waals surface area contributed by atoms with Crippen LogP contribution in [0.15, 0.2) is 30.5 Å². The van der Waals surface area contributed by atoms with E-state index in [-0.39, 0.29) is 18.4 Å². The monoisotopic (exact) mass is 271 g/mol. The minimum absolute atomic E-state index is 0.00296. The molecule has 1 N–H and O–H groups in total. The first-order chi connectivity index (χ1) is 9.65. The van der Waals surface area contributed by atoms with Gasteiger partial charge in [0.1, 0.15) is 6.54 Å². The molecular formula is C15H17N3O2. The Labute approximate surface area is 117 Å². The van der Waals surface area contributed by atoms with Crippen LogP contribution >= 0.6 is 0 Å². The maximum absolute atomic E-state index is 12.5. The van der Waals surface area contributed by atoms with Gasteiger partial charge in [-0.2, -0.15) is 0 Å². The third kappa shape index (κ3) is 2.27. The van der Waals surface area contributed by atoms with Gasteiger partial charge in [0.2, 0.25) is 5.91 Å². The van der Waals surface area contributed by atoms with Crippen LogP contribution in [0.1, 0.15) is 16.8 Å². The molecule has 0 spiro atoms. The van der Waals surface area contributed by atoms with Crippen LogP contribution in [0.5, 0.6) is 0 Å². The molecule has 0 atom stereocenters. The largest absolute Gasteiger partial charge is 0.361 e. The number of carbonyl (C=O) groups excluding carboxylic acids is 2. The number of nitrogens with zero attached hydrogens (tertiary/aromatic N) is 2. The lowest BCUT2D eigenvalue weighted by molar-refractivity contribution is -0.129. The van der Waals surface area contributed by atoms with Gasteiger partial charge < -0.3 is 14.8 Å². The van der Waals surface area contributed by atoms with E-state index < -0.39 is 0 Å². The SMILES string of the molecule is CN1CCCN(C(=O)c2ccc3cc[nH]c3c2)CC1=O. The number of H-pyrrole nitrogens is 1. The molecule has 20 heavy (non-hydrogen) atoms. The zero-order valence-electron chi connectivity index (χ0n) is 11.4. The lowest BCUT2D eigenvalue weighted by Crippen LogP contribution is -2.38. The summed E-state index contributed by atoms with van der Waals surface area (Å²) in [5.41, 5.74) is 1.56. The van der Waals surface area contributed by atoms with Gasteiger partial charge in [-0.05, 0) is 30.0 Å². The molecule has 5 heteroatoms. The minimum Gasteiger partial charge on any atom is -0.361 e. The fraction of sp³-hybridized carbons (Fsp3) is 0.333. The van der Waals surface area contributed by atoms with E-state index in [9.17, 15) is 9.59 Å². The van der Waals surface area contributed by atoms with E-state index in [0.29, 0.717) is 18.7 Å². The average Bonchev–Trinajstić information content (AvgIpc) is 2.85. The van der Waals surface area contributed by atoms with Crippen LogP contribution in [0.3, 0.4) is 0 Å². The number of rotatable bonds is 1. The molecule has 1 aromatic carbocycles. The Kier molecular flexibility index (Phi) is 3.18. The van der Waals surface area contributed by atoms with Crippen LogP contribution in [0.4, 0.5) is 0 Å². The zero-order valence-corrected chi connectivity index (χ0v) is 11.4. The van der Waals surface area contributed by atoms with Gasteiger partial charge in [0.25, 0.3) is 5.91 Å². The van der Waals surface area contributed by atoms with Gasteiger partial charge in [-0.3, -0.25) is 9.59 Å². The third-order valence-electron chi connectivity index (χ3n) is 3.76. The van der Waals surface area contributed by atoms with Crippen molar-refractivity contribution in [3.63, 3.8) is 0 Å². The molecule has 1 fully saturated rings. The number of aromatic nitrogens is 1. The van der Waals surface area contributed by atoms with Crippen LogP contribution in [-0.4, -0.2) is 53.3 Å². The molecule has 5 nitrogen and oxygen atoms in total. The van der Waals surface area contributed by atoms with Crippen molar-refractivity contribution in [1.29, 1.82) is 0 Å². The molecule has 2 amide bonds. The summed E-state index contributed by atoms with van der Waals surface area (Å²) in [6.07, 6.45) is 2.67. The fourth-order valence-electron chi connectivity index (χ4n) is 2.52. The Morgan fingerprint density at radius 3 is 2.95 bits per heavy atom. The Morgan fingerprint density at radius 1 is 1.25 bits per heavy atom. The smallest absolute Gasteiger partial charge is 0.254 e. The van der Waals surface area contributed by atoms with Crippen molar-refractivity contribution in [2.75, 3.05) is 26.7 Å². The summed E-state index contributed by atoms with van der Waals surface area (Å²) in [5.74, 6) is -0.0815. The van der Waals surface area contributed by atoms with Crippen LogP contribution < -0.4 is 0 Å². The number of fused-ring (bicyclic) bond motifs is 1. The van der Waals surface area contributed by atoms with Crippen molar-refractivity contribution < 1.29 is 9.59 Å². The van der Waals surface area contributed by atoms with E-state index in [0.717, 1.165) is 17.3 Å². The second-order valence-corrected chi connectivity index (χ2v) is 5.18. The second-order valence-electron chi connectivity index (χ2n) is 5.18. The van der Waals surface area contributed by atoms with E-state index in [4.69, 9.17) is 0 Å². The first kappa shape index (κ1) is 12.7. The molecule has 1 aromatic heterocycles. The number of carbonyl (C=O) groups is 2. The Balaban J connectivity index is 1.85. The molecule has 0 saturated carbocycles. The van der Waals surface area contributed by atoms with Gasteiger partial charge in [0.15, 0.2) is 0 Å². The summed E-state index contributed by atoms with van der Waals surface area (Å²) in [7, 11) is 1.78. The molecule has 2 aromatic rings. The molecule has 0 bridgehead atoms. The summed E-state index contributed by atoms with van der Waals surface area (Å²) < 4.78 is 0. The molecule has 0 aliphatic carbocycles. The van der Waals surface area contributed by atoms with Crippen LogP contribution in [-0.2, 0) is 4.79 Å². The highest BCUT2D eigenvalue weighted by molar-refractivity contribution is 5.99. The number of amides is 2. The highest BCUT2D eigenvalue weighted by Gasteiger charge is 2.23. The van der Waals surface area contributed by atoms with E-state index in [1.807, 2.05) is 30.5 Å². The third-order valence-corrected chi connectivity index (χ3v) is 3.76. The Bertz CT molecular complexity index is 662. The molecule has 3 rings (SSSR count). The zero-order chi connectivity index (χ0) is 14.1. The van der Waals surface area contributed by atoms with Gasteiger partial charge in [0, 0.05) is 37.4 Å². The quantitative estimate of drug-likeness (QED) is 0.854. The summed E-state index contributed by atoms with van der Waals surface area (Å²) in [4.78, 5) is 30.8. The van der Waals surface area contributed by atoms with Crippen molar-refractivity contribution in [2.24, 2.45) is 0 Å². The van der Waals surface area contributed by atoms with E-state index in [2.05, 4.69) is 4.98 Å². The Hall–Kier alpha value is -2.30. The van der Waals surface area contributed by atoms with Gasteiger partial charge in [-0.15, -0.1) is 0 Å². The topological polar surface area (TPSA) is 56.4 Å². The van der Waals surface area contributed by atoms with Crippen molar-refractivity contribution >= 4 is 22.7 Å². The normalized spacial score (nSPS) is 16.6. The number of aromatic amines is 1. The molecule has 1 saturated heterocycles. The van der Waals surface area contributed by atoms with Gasteiger partial charge in [-0.1, -0.05) is 6.07 Å². The number of hydrogen-bond donors (Lipinski definition) is 1. The number of nitrogens with one attached hydrogen (secondary N) is 1. The van der Waals surface area contributed by atoms with E-state index in [1.165, 1.54) is 0 Å². The predicted octanol–water partition coefficient (Wildman–Crippen LogP) is 1.47. The standard InChI is InChI=1S/C15H17N3O2/c1-17-7-2-8-18(10-14(17)19)15(20)12-4-3-11-5-6-16-13(11)9-12/h3-6,9,16H,2,7-8,10H2,1H3. The highest BCUT2D eigenvalue weighted by atomic mass is 16.2. The lowest BCUT2D eigenvalue weighted by Gasteiger charge is -2.19. The molecule has 0 radical (unpaired) electrons. The van der Waals surface area contributed by atoms with Crippen LogP contribution in [0, 0.1) is 0 Å². The first-order valence-corrected chi connectivity index (χ1v) is 6.75. The molecule has 1 aliphatic rings. The summed E-state index contributed by atoms with van der Waals surface area (Å²) in [5, 5.41) is 1.08. The number of likely N-dealkylation sites (N-methyl/N-ethyl adjacent to an activating group) is 1. The van der Waals surface area contributed by atoms with Gasteiger partial charge >= 0.3 is 0 Å². The van der Waals surface area contributed by atoms with Crippen LogP contribution in [0.2, 0.25) is 0 Å². The van der Waals surface area contributed by atoms with Crippen LogP contribution in [0.25, 0.3) is 10.9 Å². The molecule has 1 aliphatic heterocycles. The van der Waals surface area contributed by atoms with E-state index >= 15 is 0 Å². The molecule has 104 valence electrons. The fourth-order valence-corrected chi connectivity index (χ4v) is 2.52. The van der Waals surface area contributed by atoms with Crippen molar-refractivity contribution in [2.45, 2.75) is 6.42 Å². The maximum Gasteiger partial charge on any atom is 0.254 e. The maximum atomic E-state index is 12.5. The highest BCUT2D eigenvalue weighted by Crippen LogP contribution is 2.16. The predicted molar refractivity (Wildman–Crippen MR) is 76.5 cm³/mol.